The molecule has 7 aromatic rings. The molecule has 9 rings (SSSR count). The number of nitrogens with zero attached hydrogens (tertiary/aromatic N) is 4. The number of rotatable bonds is 11. The molecule has 63 heavy (non-hydrogen) atoms. The number of benzene rings is 4. The predicted molar refractivity (Wildman–Crippen MR) is 257 cm³/mol. The molecule has 0 amide bonds. The average Bonchev–Trinajstić information content (AvgIpc) is 4.13. The maximum atomic E-state index is 6.17. The van der Waals surface area contributed by atoms with Crippen molar-refractivity contribution >= 4 is 46.4 Å². The molecule has 8 bridgehead atoms. The number of aryl methyl sites for hydroxylation is 3. The summed E-state index contributed by atoms with van der Waals surface area (Å²) in [5.41, 5.74) is 18.6. The van der Waals surface area contributed by atoms with Crippen molar-refractivity contribution in [1.29, 1.82) is 0 Å². The summed E-state index contributed by atoms with van der Waals surface area (Å²) >= 11 is 0. The number of aromatic nitrogens is 4. The molecule has 0 atom stereocenters. The van der Waals surface area contributed by atoms with Gasteiger partial charge in [0.2, 0.25) is 0 Å². The molecule has 2 aliphatic heterocycles. The molecule has 4 aromatic carbocycles. The Hall–Kier alpha value is -6.74. The average molecular weight is 874 g/mol. The molecule has 5 heterocycles. The molecule has 3 aromatic heterocycles. The fourth-order valence-corrected chi connectivity index (χ4v) is 8.73. The van der Waals surface area contributed by atoms with Crippen molar-refractivity contribution in [3.63, 3.8) is 0 Å². The van der Waals surface area contributed by atoms with Gasteiger partial charge in [-0.05, 0) is 144 Å². The zero-order chi connectivity index (χ0) is 42.7. The van der Waals surface area contributed by atoms with Crippen LogP contribution in [0.3, 0.4) is 0 Å². The molecule has 0 N–H and O–H groups in total. The maximum absolute atomic E-state index is 6.17. The van der Waals surface area contributed by atoms with E-state index in [1.54, 1.807) is 7.11 Å². The van der Waals surface area contributed by atoms with Crippen LogP contribution < -0.4 is 19.4 Å². The van der Waals surface area contributed by atoms with Crippen LogP contribution in [0.15, 0.2) is 109 Å². The first-order valence-electron chi connectivity index (χ1n) is 21.4. The molecule has 0 saturated carbocycles. The molecule has 2 aliphatic rings. The Morgan fingerprint density at radius 2 is 0.952 bits per heavy atom. The van der Waals surface area contributed by atoms with E-state index in [9.17, 15) is 0 Å². The Labute approximate surface area is 383 Å². The molecule has 0 radical (unpaired) electrons. The Bertz CT molecular complexity index is 3070. The minimum atomic E-state index is 0. The van der Waals surface area contributed by atoms with Crippen LogP contribution in [0.25, 0.3) is 90.9 Å². The van der Waals surface area contributed by atoms with Crippen molar-refractivity contribution in [3.8, 4) is 68.4 Å². The van der Waals surface area contributed by atoms with E-state index in [0.717, 1.165) is 124 Å². The molecule has 0 aliphatic carbocycles. The monoisotopic (exact) mass is 872 g/mol. The third-order valence-electron chi connectivity index (χ3n) is 11.7. The summed E-state index contributed by atoms with van der Waals surface area (Å²) in [4.78, 5) is 21.8. The molecule has 0 spiro atoms. The summed E-state index contributed by atoms with van der Waals surface area (Å²) in [6, 6.07) is 37.3. The first-order valence-corrected chi connectivity index (χ1v) is 21.4. The van der Waals surface area contributed by atoms with Crippen molar-refractivity contribution < 1.29 is 29.0 Å². The first kappa shape index (κ1) is 42.9. The Morgan fingerprint density at radius 1 is 0.524 bits per heavy atom. The first-order chi connectivity index (χ1) is 30.3. The second kappa shape index (κ2) is 18.7. The van der Waals surface area contributed by atoms with E-state index < -0.39 is 0 Å². The van der Waals surface area contributed by atoms with Crippen LogP contribution in [-0.4, -0.2) is 23.7 Å². The van der Waals surface area contributed by atoms with E-state index in [-0.39, 0.29) is 19.5 Å². The predicted octanol–water partition coefficient (Wildman–Crippen LogP) is 13.5. The van der Waals surface area contributed by atoms with Crippen LogP contribution in [-0.2, 0) is 19.5 Å². The summed E-state index contributed by atoms with van der Waals surface area (Å²) < 4.78 is 11.7. The van der Waals surface area contributed by atoms with E-state index in [4.69, 9.17) is 35.8 Å². The number of methoxy groups -OCH3 is 1. The van der Waals surface area contributed by atoms with Crippen molar-refractivity contribution in [1.82, 2.24) is 19.9 Å². The van der Waals surface area contributed by atoms with Gasteiger partial charge in [-0.3, -0.25) is 0 Å². The largest absolute Gasteiger partial charge is 2.00 e. The van der Waals surface area contributed by atoms with Gasteiger partial charge in [0.05, 0.1) is 36.5 Å². The van der Waals surface area contributed by atoms with Gasteiger partial charge in [-0.15, -0.1) is 28.5 Å². The fraction of sp³-hybridized carbons (Fsp3) is 0.179. The molecular formula is C56H48N4O2Zn. The Morgan fingerprint density at radius 3 is 1.40 bits per heavy atom. The Balaban J connectivity index is 0.00000544. The molecule has 0 saturated heterocycles. The van der Waals surface area contributed by atoms with E-state index in [2.05, 4.69) is 131 Å². The van der Waals surface area contributed by atoms with Gasteiger partial charge >= 0.3 is 19.5 Å². The van der Waals surface area contributed by atoms with Gasteiger partial charge in [0.25, 0.3) is 0 Å². The number of fused-ring (bicyclic) bond motifs is 8. The van der Waals surface area contributed by atoms with Crippen molar-refractivity contribution in [2.24, 2.45) is 0 Å². The van der Waals surface area contributed by atoms with Gasteiger partial charge in [0.15, 0.2) is 0 Å². The minimum Gasteiger partial charge on any atom is -0.657 e. The summed E-state index contributed by atoms with van der Waals surface area (Å²) in [6.45, 7) is 9.39. The van der Waals surface area contributed by atoms with Gasteiger partial charge in [-0.2, -0.15) is 0 Å². The third-order valence-corrected chi connectivity index (χ3v) is 11.7. The van der Waals surface area contributed by atoms with Gasteiger partial charge in [0.1, 0.15) is 11.5 Å². The molecular weight excluding hydrogens is 826 g/mol. The van der Waals surface area contributed by atoms with Crippen molar-refractivity contribution in [2.45, 2.75) is 53.4 Å². The summed E-state index contributed by atoms with van der Waals surface area (Å²) in [5.74, 6) is 4.39. The smallest absolute Gasteiger partial charge is 0.657 e. The molecule has 0 fully saturated rings. The molecule has 0 unspecified atom stereocenters. The van der Waals surface area contributed by atoms with E-state index in [0.29, 0.717) is 6.61 Å². The second-order valence-electron chi connectivity index (χ2n) is 16.0. The van der Waals surface area contributed by atoms with Gasteiger partial charge in [-0.25, -0.2) is 9.97 Å². The van der Waals surface area contributed by atoms with Gasteiger partial charge in [0, 0.05) is 5.56 Å². The quantitative estimate of drug-likeness (QED) is 0.0732. The molecule has 306 valence electrons. The number of terminal acetylenes is 1. The number of hydrogen-bond donors (Lipinski definition) is 0. The van der Waals surface area contributed by atoms with E-state index >= 15 is 0 Å². The standard InChI is InChI=1S/C56H48N4O2.Zn/c1-7-9-10-11-32-62-43-22-18-41(19-23-43)55-46-25-24-44(57-46)53(39-14-12-38(8-2)13-15-39)48-28-30-50(59-48)56(52-36(4)33-35(3)34-37(52)5)51-31-29-49(60-51)54(45-26-27-47(55)58-45)40-16-20-42(61-6)21-17-40;/h2,12-31,33-34H,7,9-11,32H2,1,3-6H3;/q-2;+2. The van der Waals surface area contributed by atoms with Crippen LogP contribution in [0.2, 0.25) is 0 Å². The zero-order valence-electron chi connectivity index (χ0n) is 36.6. The van der Waals surface area contributed by atoms with E-state index in [1.807, 2.05) is 36.4 Å². The second-order valence-corrected chi connectivity index (χ2v) is 16.0. The number of ether oxygens (including phenoxy) is 2. The number of hydrogen-bond acceptors (Lipinski definition) is 4. The van der Waals surface area contributed by atoms with Crippen LogP contribution >= 0.6 is 0 Å². The molecule has 6 nitrogen and oxygen atoms in total. The summed E-state index contributed by atoms with van der Waals surface area (Å²) in [5, 5.41) is 0. The summed E-state index contributed by atoms with van der Waals surface area (Å²) in [7, 11) is 1.68. The van der Waals surface area contributed by atoms with E-state index in [1.165, 1.54) is 24.8 Å². The van der Waals surface area contributed by atoms with Crippen LogP contribution in [0.4, 0.5) is 0 Å². The zero-order valence-corrected chi connectivity index (χ0v) is 39.6. The van der Waals surface area contributed by atoms with Crippen LogP contribution in [0.5, 0.6) is 11.5 Å². The van der Waals surface area contributed by atoms with Crippen LogP contribution in [0.1, 0.15) is 77.6 Å². The van der Waals surface area contributed by atoms with Gasteiger partial charge in [-0.1, -0.05) is 110 Å². The maximum Gasteiger partial charge on any atom is 2.00 e. The molecule has 7 heteroatoms. The topological polar surface area (TPSA) is 72.4 Å². The normalized spacial score (nSPS) is 11.6. The van der Waals surface area contributed by atoms with Crippen molar-refractivity contribution in [3.05, 3.63) is 154 Å². The minimum absolute atomic E-state index is 0. The SMILES string of the molecule is C#Cc1ccc(-c2c3nc(c(-c4ccc(OCCCCCC)cc4)c4ccc([n-]4)c(-c4ccc(OC)cc4)c4nc(c(-c5c(C)cc(C)cc5C)c5ccc2[n-]5)C=C4)C=C3)cc1.[Zn+2]. The Kier molecular flexibility index (Phi) is 12.7. The summed E-state index contributed by atoms with van der Waals surface area (Å²) in [6.07, 6.45) is 18.8. The number of unbranched alkanes of at least 4 members (excludes halogenated alkanes) is 3. The van der Waals surface area contributed by atoms with Crippen LogP contribution in [0, 0.1) is 33.1 Å². The van der Waals surface area contributed by atoms with Crippen molar-refractivity contribution in [2.75, 3.05) is 13.7 Å². The fourth-order valence-electron chi connectivity index (χ4n) is 8.73. The third kappa shape index (κ3) is 8.70. The van der Waals surface area contributed by atoms with Gasteiger partial charge < -0.3 is 19.4 Å².